The van der Waals surface area contributed by atoms with Gasteiger partial charge in [-0.15, -0.1) is 11.3 Å². The Morgan fingerprint density at radius 2 is 2.10 bits per heavy atom. The van der Waals surface area contributed by atoms with E-state index in [0.29, 0.717) is 4.96 Å². The van der Waals surface area contributed by atoms with Crippen molar-refractivity contribution in [3.05, 3.63) is 11.6 Å². The van der Waals surface area contributed by atoms with Crippen LogP contribution in [0.3, 0.4) is 0 Å². The summed E-state index contributed by atoms with van der Waals surface area (Å²) in [7, 11) is -6.93. The van der Waals surface area contributed by atoms with Crippen LogP contribution in [0.4, 0.5) is 5.82 Å². The highest BCUT2D eigenvalue weighted by atomic mass is 32.2. The van der Waals surface area contributed by atoms with Crippen molar-refractivity contribution in [1.82, 2.24) is 14.1 Å². The van der Waals surface area contributed by atoms with E-state index in [0.717, 1.165) is 6.26 Å². The molecule has 0 amide bonds. The molecule has 0 radical (unpaired) electrons. The van der Waals surface area contributed by atoms with Gasteiger partial charge in [-0.1, -0.05) is 0 Å². The van der Waals surface area contributed by atoms with Gasteiger partial charge < -0.3 is 5.73 Å². The Hall–Kier alpha value is -1.17. The van der Waals surface area contributed by atoms with Gasteiger partial charge in [0.15, 0.2) is 15.8 Å². The second kappa shape index (κ2) is 5.31. The van der Waals surface area contributed by atoms with E-state index in [1.165, 1.54) is 15.7 Å². The van der Waals surface area contributed by atoms with E-state index in [-0.39, 0.29) is 29.6 Å². The zero-order valence-corrected chi connectivity index (χ0v) is 13.1. The van der Waals surface area contributed by atoms with E-state index in [1.54, 1.807) is 11.6 Å². The number of sulfone groups is 1. The minimum absolute atomic E-state index is 0.0201. The van der Waals surface area contributed by atoms with Crippen LogP contribution in [0.25, 0.3) is 4.96 Å². The molecular weight excluding hydrogens is 324 g/mol. The quantitative estimate of drug-likeness (QED) is 0.696. The molecule has 0 aromatic carbocycles. The second-order valence-electron chi connectivity index (χ2n) is 4.24. The Bertz CT molecular complexity index is 819. The van der Waals surface area contributed by atoms with Gasteiger partial charge in [-0.3, -0.25) is 4.40 Å². The summed E-state index contributed by atoms with van der Waals surface area (Å²) in [6, 6.07) is 0. The van der Waals surface area contributed by atoms with Crippen LogP contribution in [0.5, 0.6) is 0 Å². The molecule has 8 nitrogen and oxygen atoms in total. The van der Waals surface area contributed by atoms with Crippen molar-refractivity contribution < 1.29 is 16.8 Å². The van der Waals surface area contributed by atoms with Crippen molar-refractivity contribution in [2.45, 2.75) is 11.4 Å². The van der Waals surface area contributed by atoms with Gasteiger partial charge in [-0.05, 0) is 6.42 Å². The maximum atomic E-state index is 12.2. The fourth-order valence-corrected chi connectivity index (χ4v) is 4.38. The predicted octanol–water partition coefficient (Wildman–Crippen LogP) is -0.309. The van der Waals surface area contributed by atoms with E-state index in [4.69, 9.17) is 5.73 Å². The summed E-state index contributed by atoms with van der Waals surface area (Å²) < 4.78 is 50.0. The molecule has 0 aliphatic carbocycles. The number of fused-ring (bicyclic) bond motifs is 1. The third-order valence-electron chi connectivity index (χ3n) is 2.48. The third kappa shape index (κ3) is 3.29. The minimum Gasteiger partial charge on any atom is -0.381 e. The lowest BCUT2D eigenvalue weighted by Gasteiger charge is -2.06. The molecule has 112 valence electrons. The largest absolute Gasteiger partial charge is 0.381 e. The smallest absolute Gasteiger partial charge is 0.260 e. The first-order chi connectivity index (χ1) is 9.21. The predicted molar refractivity (Wildman–Crippen MR) is 77.0 cm³/mol. The van der Waals surface area contributed by atoms with Crippen LogP contribution in [0.15, 0.2) is 16.6 Å². The molecule has 2 aromatic heterocycles. The number of nitrogen functional groups attached to an aromatic ring is 1. The summed E-state index contributed by atoms with van der Waals surface area (Å²) in [5.74, 6) is -0.155. The number of thiazole rings is 1. The van der Waals surface area contributed by atoms with Crippen LogP contribution in [0, 0.1) is 0 Å². The van der Waals surface area contributed by atoms with E-state index in [2.05, 4.69) is 9.71 Å². The van der Waals surface area contributed by atoms with E-state index < -0.39 is 19.9 Å². The summed E-state index contributed by atoms with van der Waals surface area (Å²) >= 11 is 1.27. The fourth-order valence-electron chi connectivity index (χ4n) is 1.66. The topological polar surface area (TPSA) is 124 Å². The highest BCUT2D eigenvalue weighted by Gasteiger charge is 2.24. The minimum atomic E-state index is -3.82. The monoisotopic (exact) mass is 338 g/mol. The molecule has 0 aliphatic rings. The summed E-state index contributed by atoms with van der Waals surface area (Å²) in [6.45, 7) is 0.0201. The highest BCUT2D eigenvalue weighted by molar-refractivity contribution is 7.90. The molecule has 0 atom stereocenters. The van der Waals surface area contributed by atoms with E-state index in [9.17, 15) is 16.8 Å². The van der Waals surface area contributed by atoms with Crippen LogP contribution in [-0.2, 0) is 19.9 Å². The Morgan fingerprint density at radius 3 is 2.75 bits per heavy atom. The molecule has 2 rings (SSSR count). The zero-order valence-electron chi connectivity index (χ0n) is 10.6. The molecule has 0 spiro atoms. The standard InChI is InChI=1S/C9H14N4O4S3/c1-19(14,15)6-2-3-11-20(16,17)8-7(10)12-9-13(8)4-5-18-9/h4-5,11H,2-3,6,10H2,1H3. The number of aromatic nitrogens is 2. The Kier molecular flexibility index (Phi) is 4.04. The van der Waals surface area contributed by atoms with Crippen LogP contribution in [0.2, 0.25) is 0 Å². The lowest BCUT2D eigenvalue weighted by Crippen LogP contribution is -2.27. The molecule has 2 aromatic rings. The first-order valence-electron chi connectivity index (χ1n) is 5.59. The Balaban J connectivity index is 2.14. The van der Waals surface area contributed by atoms with Gasteiger partial charge >= 0.3 is 0 Å². The van der Waals surface area contributed by atoms with E-state index >= 15 is 0 Å². The van der Waals surface area contributed by atoms with Crippen molar-refractivity contribution in [2.24, 2.45) is 0 Å². The Morgan fingerprint density at radius 1 is 1.40 bits per heavy atom. The van der Waals surface area contributed by atoms with Gasteiger partial charge in [-0.2, -0.15) is 0 Å². The number of nitrogens with one attached hydrogen (secondary N) is 1. The first-order valence-corrected chi connectivity index (χ1v) is 10.0. The molecule has 0 saturated carbocycles. The van der Waals surface area contributed by atoms with Gasteiger partial charge in [-0.25, -0.2) is 26.5 Å². The number of nitrogens with two attached hydrogens (primary N) is 1. The number of nitrogens with zero attached hydrogens (tertiary/aromatic N) is 2. The summed E-state index contributed by atoms with van der Waals surface area (Å²) in [4.78, 5) is 4.44. The summed E-state index contributed by atoms with van der Waals surface area (Å²) in [5, 5.41) is 1.58. The van der Waals surface area contributed by atoms with Crippen LogP contribution < -0.4 is 10.5 Å². The van der Waals surface area contributed by atoms with Crippen molar-refractivity contribution in [2.75, 3.05) is 24.3 Å². The maximum absolute atomic E-state index is 12.2. The zero-order chi connectivity index (χ0) is 15.0. The molecule has 11 heteroatoms. The normalized spacial score (nSPS) is 13.1. The molecule has 0 saturated heterocycles. The SMILES string of the molecule is CS(=O)(=O)CCCNS(=O)(=O)c1c(N)nc2sccn12. The number of hydrogen-bond donors (Lipinski definition) is 2. The van der Waals surface area contributed by atoms with Crippen molar-refractivity contribution >= 4 is 42.0 Å². The Labute approximate surface area is 120 Å². The molecule has 0 bridgehead atoms. The molecule has 0 fully saturated rings. The second-order valence-corrected chi connectivity index (χ2v) is 9.05. The molecule has 0 unspecified atom stereocenters. The number of rotatable bonds is 6. The summed E-state index contributed by atoms with van der Waals surface area (Å²) in [5.41, 5.74) is 5.62. The van der Waals surface area contributed by atoms with Gasteiger partial charge in [0.25, 0.3) is 10.0 Å². The maximum Gasteiger partial charge on any atom is 0.260 e. The molecule has 20 heavy (non-hydrogen) atoms. The van der Waals surface area contributed by atoms with Crippen molar-refractivity contribution in [1.29, 1.82) is 0 Å². The average Bonchev–Trinajstić information content (AvgIpc) is 2.82. The van der Waals surface area contributed by atoms with Gasteiger partial charge in [0, 0.05) is 24.4 Å². The van der Waals surface area contributed by atoms with Crippen LogP contribution >= 0.6 is 11.3 Å². The van der Waals surface area contributed by atoms with Crippen molar-refractivity contribution in [3.63, 3.8) is 0 Å². The van der Waals surface area contributed by atoms with Gasteiger partial charge in [0.05, 0.1) is 5.75 Å². The summed E-state index contributed by atoms with van der Waals surface area (Å²) in [6.07, 6.45) is 2.86. The molecule has 3 N–H and O–H groups in total. The molecule has 2 heterocycles. The van der Waals surface area contributed by atoms with E-state index in [1.807, 2.05) is 0 Å². The first kappa shape index (κ1) is 15.2. The average molecular weight is 338 g/mol. The number of sulfonamides is 1. The highest BCUT2D eigenvalue weighted by Crippen LogP contribution is 2.22. The fraction of sp³-hybridized carbons (Fsp3) is 0.444. The lowest BCUT2D eigenvalue weighted by atomic mass is 10.5. The number of hydrogen-bond acceptors (Lipinski definition) is 7. The van der Waals surface area contributed by atoms with Gasteiger partial charge in [0.1, 0.15) is 9.84 Å². The molecule has 0 aliphatic heterocycles. The lowest BCUT2D eigenvalue weighted by molar-refractivity contribution is 0.573. The molecular formula is C9H14N4O4S3. The van der Waals surface area contributed by atoms with Crippen LogP contribution in [-0.4, -0.2) is 44.8 Å². The number of imidazole rings is 1. The third-order valence-corrected chi connectivity index (χ3v) is 5.77. The van der Waals surface area contributed by atoms with Gasteiger partial charge in [0.2, 0.25) is 0 Å². The van der Waals surface area contributed by atoms with Crippen LogP contribution in [0.1, 0.15) is 6.42 Å². The number of anilines is 1. The van der Waals surface area contributed by atoms with Crippen molar-refractivity contribution in [3.8, 4) is 0 Å².